The van der Waals surface area contributed by atoms with Gasteiger partial charge in [0.25, 0.3) is 5.56 Å². The maximum atomic E-state index is 14.3. The molecule has 0 unspecified atom stereocenters. The van der Waals surface area contributed by atoms with Crippen LogP contribution in [0.25, 0.3) is 5.69 Å². The molecule has 0 aliphatic carbocycles. The van der Waals surface area contributed by atoms with E-state index in [-0.39, 0.29) is 27.2 Å². The minimum atomic E-state index is -4.99. The molecule has 1 heterocycles. The molecule has 29 heavy (non-hydrogen) atoms. The standard InChI is InChI=1S/C16H11ClF4N2O6/c1-28-7(2-14(25)26)6-29-11-4-10(9(18)3-8(11)17)23-13(24)5-12(16(19,20)21)22-15(23)27/h2-5H,6H2,1H3,(H,22,27)(H,25,26). The number of nitrogens with one attached hydrogen (secondary N) is 1. The summed E-state index contributed by atoms with van der Waals surface area (Å²) in [6.07, 6.45) is -4.30. The summed E-state index contributed by atoms with van der Waals surface area (Å²) in [5, 5.41) is 8.38. The van der Waals surface area contributed by atoms with Gasteiger partial charge in [0.15, 0.2) is 0 Å². The van der Waals surface area contributed by atoms with Crippen LogP contribution >= 0.6 is 11.6 Å². The van der Waals surface area contributed by atoms with Gasteiger partial charge in [-0.1, -0.05) is 11.6 Å². The van der Waals surface area contributed by atoms with Crippen LogP contribution in [0.15, 0.2) is 39.6 Å². The lowest BCUT2D eigenvalue weighted by Gasteiger charge is -2.13. The fraction of sp³-hybridized carbons (Fsp3) is 0.188. The van der Waals surface area contributed by atoms with Crippen molar-refractivity contribution in [1.29, 1.82) is 0 Å². The second kappa shape index (κ2) is 8.39. The van der Waals surface area contributed by atoms with Gasteiger partial charge in [-0.05, 0) is 6.07 Å². The van der Waals surface area contributed by atoms with Crippen LogP contribution in [0.4, 0.5) is 17.6 Å². The summed E-state index contributed by atoms with van der Waals surface area (Å²) in [5.41, 5.74) is -5.32. The van der Waals surface area contributed by atoms with Gasteiger partial charge in [-0.25, -0.2) is 18.5 Å². The Hall–Kier alpha value is -3.28. The number of carboxylic acid groups (broad SMARTS) is 1. The maximum absolute atomic E-state index is 14.3. The molecule has 0 aliphatic rings. The van der Waals surface area contributed by atoms with Crippen LogP contribution in [0.3, 0.4) is 0 Å². The average Bonchev–Trinajstić information content (AvgIpc) is 2.59. The fourth-order valence-corrected chi connectivity index (χ4v) is 2.33. The Labute approximate surface area is 163 Å². The molecule has 8 nitrogen and oxygen atoms in total. The lowest BCUT2D eigenvalue weighted by molar-refractivity contribution is -0.141. The van der Waals surface area contributed by atoms with E-state index in [2.05, 4.69) is 0 Å². The summed E-state index contributed by atoms with van der Waals surface area (Å²) in [6, 6.07) is 1.56. The summed E-state index contributed by atoms with van der Waals surface area (Å²) in [4.78, 5) is 36.1. The normalized spacial score (nSPS) is 12.0. The molecule has 0 fully saturated rings. The van der Waals surface area contributed by atoms with Crippen molar-refractivity contribution in [3.05, 3.63) is 67.4 Å². The molecule has 1 aromatic carbocycles. The zero-order valence-corrected chi connectivity index (χ0v) is 15.1. The maximum Gasteiger partial charge on any atom is 0.431 e. The highest BCUT2D eigenvalue weighted by Gasteiger charge is 2.33. The van der Waals surface area contributed by atoms with Gasteiger partial charge in [0.1, 0.15) is 29.6 Å². The van der Waals surface area contributed by atoms with Crippen molar-refractivity contribution in [2.24, 2.45) is 0 Å². The first-order valence-corrected chi connectivity index (χ1v) is 7.85. The van der Waals surface area contributed by atoms with Gasteiger partial charge in [-0.2, -0.15) is 13.2 Å². The van der Waals surface area contributed by atoms with Crippen LogP contribution in [-0.2, 0) is 15.7 Å². The number of carboxylic acids is 1. The molecule has 2 rings (SSSR count). The molecule has 0 bridgehead atoms. The molecule has 0 atom stereocenters. The molecular weight excluding hydrogens is 428 g/mol. The minimum Gasteiger partial charge on any atom is -0.497 e. The number of halogens is 5. The number of hydrogen-bond donors (Lipinski definition) is 2. The second-order valence-corrected chi connectivity index (χ2v) is 5.74. The highest BCUT2D eigenvalue weighted by molar-refractivity contribution is 6.32. The Balaban J connectivity index is 2.51. The zero-order chi connectivity index (χ0) is 21.9. The summed E-state index contributed by atoms with van der Waals surface area (Å²) in [5.74, 6) is -2.96. The van der Waals surface area contributed by atoms with Crippen molar-refractivity contribution in [3.63, 3.8) is 0 Å². The van der Waals surface area contributed by atoms with Crippen LogP contribution < -0.4 is 16.0 Å². The van der Waals surface area contributed by atoms with Gasteiger partial charge < -0.3 is 19.6 Å². The summed E-state index contributed by atoms with van der Waals surface area (Å²) in [7, 11) is 1.16. The average molecular weight is 439 g/mol. The number of H-pyrrole nitrogens is 1. The molecule has 0 saturated heterocycles. The number of aliphatic carboxylic acids is 1. The Morgan fingerprint density at radius 1 is 1.31 bits per heavy atom. The lowest BCUT2D eigenvalue weighted by atomic mass is 10.2. The van der Waals surface area contributed by atoms with Gasteiger partial charge in [0, 0.05) is 12.1 Å². The fourth-order valence-electron chi connectivity index (χ4n) is 2.12. The topological polar surface area (TPSA) is 111 Å². The summed E-state index contributed by atoms with van der Waals surface area (Å²) >= 11 is 5.82. The van der Waals surface area contributed by atoms with E-state index in [9.17, 15) is 31.9 Å². The van der Waals surface area contributed by atoms with Crippen molar-refractivity contribution in [1.82, 2.24) is 9.55 Å². The van der Waals surface area contributed by atoms with Crippen molar-refractivity contribution in [2.45, 2.75) is 6.18 Å². The van der Waals surface area contributed by atoms with E-state index in [0.717, 1.165) is 13.2 Å². The first-order chi connectivity index (χ1) is 13.4. The van der Waals surface area contributed by atoms with Crippen molar-refractivity contribution in [2.75, 3.05) is 13.7 Å². The lowest BCUT2D eigenvalue weighted by Crippen LogP contribution is -2.36. The van der Waals surface area contributed by atoms with Gasteiger partial charge in [0.05, 0.1) is 23.9 Å². The van der Waals surface area contributed by atoms with E-state index >= 15 is 0 Å². The smallest absolute Gasteiger partial charge is 0.431 e. The van der Waals surface area contributed by atoms with E-state index in [1.54, 1.807) is 0 Å². The van der Waals surface area contributed by atoms with Crippen LogP contribution in [-0.4, -0.2) is 34.3 Å². The molecule has 2 aromatic rings. The van der Waals surface area contributed by atoms with E-state index < -0.39 is 47.2 Å². The van der Waals surface area contributed by atoms with E-state index in [1.807, 2.05) is 0 Å². The summed E-state index contributed by atoms with van der Waals surface area (Å²) < 4.78 is 62.4. The Morgan fingerprint density at radius 2 is 1.97 bits per heavy atom. The Kier molecular flexibility index (Phi) is 6.37. The van der Waals surface area contributed by atoms with E-state index in [4.69, 9.17) is 26.2 Å². The number of nitrogens with zero attached hydrogens (tertiary/aromatic N) is 1. The molecule has 1 aromatic heterocycles. The number of benzene rings is 1. The van der Waals surface area contributed by atoms with Crippen LogP contribution in [0.2, 0.25) is 5.02 Å². The first kappa shape index (κ1) is 22.0. The second-order valence-electron chi connectivity index (χ2n) is 5.34. The van der Waals surface area contributed by atoms with Crippen molar-refractivity contribution >= 4 is 17.6 Å². The largest absolute Gasteiger partial charge is 0.497 e. The molecule has 0 saturated carbocycles. The number of hydrogen-bond acceptors (Lipinski definition) is 5. The van der Waals surface area contributed by atoms with Crippen LogP contribution in [0, 0.1) is 5.82 Å². The third-order valence-electron chi connectivity index (χ3n) is 3.40. The predicted molar refractivity (Wildman–Crippen MR) is 90.9 cm³/mol. The van der Waals surface area contributed by atoms with Crippen molar-refractivity contribution in [3.8, 4) is 11.4 Å². The van der Waals surface area contributed by atoms with Crippen LogP contribution in [0.5, 0.6) is 5.75 Å². The molecule has 13 heteroatoms. The monoisotopic (exact) mass is 438 g/mol. The van der Waals surface area contributed by atoms with E-state index in [0.29, 0.717) is 12.1 Å². The highest BCUT2D eigenvalue weighted by atomic mass is 35.5. The quantitative estimate of drug-likeness (QED) is 0.407. The third kappa shape index (κ3) is 5.16. The predicted octanol–water partition coefficient (Wildman–Crippen LogP) is 2.33. The molecule has 0 spiro atoms. The SMILES string of the molecule is COC(=CC(=O)O)COc1cc(-n2c(=O)cc(C(F)(F)F)[nH]c2=O)c(F)cc1Cl. The van der Waals surface area contributed by atoms with E-state index in [1.165, 1.54) is 4.98 Å². The highest BCUT2D eigenvalue weighted by Crippen LogP contribution is 2.30. The van der Waals surface area contributed by atoms with Gasteiger partial charge in [0.2, 0.25) is 0 Å². The minimum absolute atomic E-state index is 0.0919. The third-order valence-corrected chi connectivity index (χ3v) is 3.69. The zero-order valence-electron chi connectivity index (χ0n) is 14.3. The number of alkyl halides is 3. The number of ether oxygens (including phenoxy) is 2. The number of carbonyl (C=O) groups is 1. The van der Waals surface area contributed by atoms with Gasteiger partial charge in [-0.15, -0.1) is 0 Å². The van der Waals surface area contributed by atoms with Gasteiger partial charge >= 0.3 is 17.8 Å². The molecule has 156 valence electrons. The molecular formula is C16H11ClF4N2O6. The molecule has 2 N–H and O–H groups in total. The molecule has 0 radical (unpaired) electrons. The number of methoxy groups -OCH3 is 1. The number of rotatable bonds is 6. The first-order valence-electron chi connectivity index (χ1n) is 7.47. The number of aromatic nitrogens is 2. The van der Waals surface area contributed by atoms with Crippen molar-refractivity contribution < 1.29 is 36.9 Å². The Bertz CT molecular complexity index is 1060. The van der Waals surface area contributed by atoms with Gasteiger partial charge in [-0.3, -0.25) is 4.79 Å². The summed E-state index contributed by atoms with van der Waals surface area (Å²) in [6.45, 7) is -0.466. The molecule has 0 amide bonds. The van der Waals surface area contributed by atoms with Crippen LogP contribution in [0.1, 0.15) is 5.69 Å². The molecule has 0 aliphatic heterocycles. The Morgan fingerprint density at radius 3 is 2.48 bits per heavy atom. The number of aromatic amines is 1.